The van der Waals surface area contributed by atoms with Gasteiger partial charge in [-0.2, -0.15) is 0 Å². The lowest BCUT2D eigenvalue weighted by Crippen LogP contribution is -2.47. The van der Waals surface area contributed by atoms with Crippen LogP contribution in [-0.2, 0) is 16.1 Å². The molecule has 2 amide bonds. The van der Waals surface area contributed by atoms with E-state index in [9.17, 15) is 14.7 Å². The van der Waals surface area contributed by atoms with E-state index in [0.717, 1.165) is 12.0 Å². The Morgan fingerprint density at radius 1 is 1.29 bits per heavy atom. The Kier molecular flexibility index (Phi) is 5.00. The number of carbonyl (C=O) groups is 2. The van der Waals surface area contributed by atoms with E-state index < -0.39 is 6.04 Å². The standard InChI is InChI=1S/C19H24N2O3/c1-13-2-4-14(5-3-13)11-21-17(8-9-18(21)23)19(24)20-16-7-6-15(10-16)12-22/h2-7,15-17,22H,8-12H2,1H3,(H,20,24)/t15-,16+,17?/m0/s1. The first-order valence-electron chi connectivity index (χ1n) is 8.51. The van der Waals surface area contributed by atoms with Gasteiger partial charge in [0.2, 0.25) is 11.8 Å². The molecule has 24 heavy (non-hydrogen) atoms. The zero-order chi connectivity index (χ0) is 17.1. The summed E-state index contributed by atoms with van der Waals surface area (Å²) in [5, 5.41) is 12.2. The van der Waals surface area contributed by atoms with Crippen molar-refractivity contribution >= 4 is 11.8 Å². The van der Waals surface area contributed by atoms with Crippen LogP contribution in [0.1, 0.15) is 30.4 Å². The van der Waals surface area contributed by atoms with Crippen molar-refractivity contribution in [2.24, 2.45) is 5.92 Å². The van der Waals surface area contributed by atoms with Crippen molar-refractivity contribution in [1.82, 2.24) is 10.2 Å². The van der Waals surface area contributed by atoms with Crippen molar-refractivity contribution in [3.63, 3.8) is 0 Å². The minimum Gasteiger partial charge on any atom is -0.396 e. The largest absolute Gasteiger partial charge is 0.396 e. The fourth-order valence-electron chi connectivity index (χ4n) is 3.39. The van der Waals surface area contributed by atoms with Crippen LogP contribution >= 0.6 is 0 Å². The van der Waals surface area contributed by atoms with Crippen LogP contribution in [0.5, 0.6) is 0 Å². The molecule has 0 radical (unpaired) electrons. The number of benzene rings is 1. The Balaban J connectivity index is 1.63. The van der Waals surface area contributed by atoms with Crippen molar-refractivity contribution in [3.8, 4) is 0 Å². The summed E-state index contributed by atoms with van der Waals surface area (Å²) in [7, 11) is 0. The van der Waals surface area contributed by atoms with Crippen molar-refractivity contribution < 1.29 is 14.7 Å². The molecule has 1 aliphatic heterocycles. The first-order valence-corrected chi connectivity index (χ1v) is 8.51. The third kappa shape index (κ3) is 3.67. The molecule has 3 rings (SSSR count). The van der Waals surface area contributed by atoms with Gasteiger partial charge >= 0.3 is 0 Å². The third-order valence-corrected chi connectivity index (χ3v) is 4.84. The lowest BCUT2D eigenvalue weighted by Gasteiger charge is -2.25. The first kappa shape index (κ1) is 16.7. The smallest absolute Gasteiger partial charge is 0.243 e. The van der Waals surface area contributed by atoms with Gasteiger partial charge in [-0.3, -0.25) is 9.59 Å². The first-order chi connectivity index (χ1) is 11.6. The molecule has 0 spiro atoms. The second-order valence-electron chi connectivity index (χ2n) is 6.74. The van der Waals surface area contributed by atoms with Crippen molar-refractivity contribution in [1.29, 1.82) is 0 Å². The van der Waals surface area contributed by atoms with Gasteiger partial charge < -0.3 is 15.3 Å². The van der Waals surface area contributed by atoms with Gasteiger partial charge in [-0.25, -0.2) is 0 Å². The lowest BCUT2D eigenvalue weighted by molar-refractivity contribution is -0.136. The van der Waals surface area contributed by atoms with Crippen LogP contribution in [0.25, 0.3) is 0 Å². The molecular weight excluding hydrogens is 304 g/mol. The highest BCUT2D eigenvalue weighted by Gasteiger charge is 2.36. The quantitative estimate of drug-likeness (QED) is 0.806. The Morgan fingerprint density at radius 3 is 2.71 bits per heavy atom. The van der Waals surface area contributed by atoms with Crippen LogP contribution < -0.4 is 5.32 Å². The van der Waals surface area contributed by atoms with Crippen LogP contribution in [0.3, 0.4) is 0 Å². The number of aliphatic hydroxyl groups is 1. The number of amides is 2. The van der Waals surface area contributed by atoms with Gasteiger partial charge in [0, 0.05) is 31.5 Å². The van der Waals surface area contributed by atoms with E-state index in [2.05, 4.69) is 5.32 Å². The summed E-state index contributed by atoms with van der Waals surface area (Å²) in [6.45, 7) is 2.59. The van der Waals surface area contributed by atoms with Crippen LogP contribution in [0.4, 0.5) is 0 Å². The molecule has 0 aromatic heterocycles. The molecule has 1 aliphatic carbocycles. The zero-order valence-electron chi connectivity index (χ0n) is 13.9. The maximum absolute atomic E-state index is 12.6. The molecule has 5 nitrogen and oxygen atoms in total. The average molecular weight is 328 g/mol. The molecule has 2 aliphatic rings. The normalized spacial score (nSPS) is 26.2. The second kappa shape index (κ2) is 7.18. The summed E-state index contributed by atoms with van der Waals surface area (Å²) in [4.78, 5) is 26.5. The predicted molar refractivity (Wildman–Crippen MR) is 91.0 cm³/mol. The maximum Gasteiger partial charge on any atom is 0.243 e. The average Bonchev–Trinajstić information content (AvgIpc) is 3.17. The molecular formula is C19H24N2O3. The fraction of sp³-hybridized carbons (Fsp3) is 0.474. The van der Waals surface area contributed by atoms with E-state index in [1.807, 2.05) is 43.3 Å². The molecule has 1 heterocycles. The summed E-state index contributed by atoms with van der Waals surface area (Å²) < 4.78 is 0. The number of nitrogens with zero attached hydrogens (tertiary/aromatic N) is 1. The molecule has 0 saturated carbocycles. The molecule has 1 fully saturated rings. The van der Waals surface area contributed by atoms with Crippen LogP contribution in [-0.4, -0.2) is 40.5 Å². The highest BCUT2D eigenvalue weighted by Crippen LogP contribution is 2.23. The van der Waals surface area contributed by atoms with E-state index >= 15 is 0 Å². The van der Waals surface area contributed by atoms with E-state index in [1.54, 1.807) is 4.90 Å². The molecule has 1 unspecified atom stereocenters. The summed E-state index contributed by atoms with van der Waals surface area (Å²) >= 11 is 0. The van der Waals surface area contributed by atoms with Gasteiger partial charge in [0.05, 0.1) is 0 Å². The van der Waals surface area contributed by atoms with Crippen molar-refractivity contribution in [3.05, 3.63) is 47.5 Å². The molecule has 3 atom stereocenters. The van der Waals surface area contributed by atoms with Gasteiger partial charge in [-0.1, -0.05) is 42.0 Å². The van der Waals surface area contributed by atoms with Crippen LogP contribution in [0, 0.1) is 12.8 Å². The number of carbonyl (C=O) groups excluding carboxylic acids is 2. The molecule has 0 bridgehead atoms. The van der Waals surface area contributed by atoms with Crippen LogP contribution in [0.15, 0.2) is 36.4 Å². The van der Waals surface area contributed by atoms with Crippen molar-refractivity contribution in [2.45, 2.75) is 44.8 Å². The molecule has 2 N–H and O–H groups in total. The Bertz CT molecular complexity index is 639. The predicted octanol–water partition coefficient (Wildman–Crippen LogP) is 1.54. The topological polar surface area (TPSA) is 69.6 Å². The number of likely N-dealkylation sites (tertiary alicyclic amines) is 1. The fourth-order valence-corrected chi connectivity index (χ4v) is 3.39. The molecule has 128 valence electrons. The SMILES string of the molecule is Cc1ccc(CN2C(=O)CCC2C(=O)N[C@@H]2C=C[C@H](CO)C2)cc1. The van der Waals surface area contributed by atoms with E-state index in [4.69, 9.17) is 0 Å². The number of aryl methyl sites for hydroxylation is 1. The highest BCUT2D eigenvalue weighted by molar-refractivity contribution is 5.91. The van der Waals surface area contributed by atoms with Gasteiger partial charge in [0.15, 0.2) is 0 Å². The maximum atomic E-state index is 12.6. The second-order valence-corrected chi connectivity index (χ2v) is 6.74. The van der Waals surface area contributed by atoms with Gasteiger partial charge in [0.25, 0.3) is 0 Å². The molecule has 1 aromatic carbocycles. The summed E-state index contributed by atoms with van der Waals surface area (Å²) in [6.07, 6.45) is 5.58. The number of nitrogens with one attached hydrogen (secondary N) is 1. The third-order valence-electron chi connectivity index (χ3n) is 4.84. The summed E-state index contributed by atoms with van der Waals surface area (Å²) in [6, 6.07) is 7.59. The van der Waals surface area contributed by atoms with E-state index in [0.29, 0.717) is 19.4 Å². The number of rotatable bonds is 5. The van der Waals surface area contributed by atoms with E-state index in [-0.39, 0.29) is 30.4 Å². The summed E-state index contributed by atoms with van der Waals surface area (Å²) in [5.74, 6) is 0.0521. The minimum absolute atomic E-state index is 0.0333. The molecule has 1 saturated heterocycles. The zero-order valence-corrected chi connectivity index (χ0v) is 13.9. The molecule has 1 aromatic rings. The lowest BCUT2D eigenvalue weighted by atomic mass is 10.1. The number of aliphatic hydroxyl groups excluding tert-OH is 1. The Morgan fingerprint density at radius 2 is 2.04 bits per heavy atom. The minimum atomic E-state index is -0.402. The number of hydrogen-bond acceptors (Lipinski definition) is 3. The van der Waals surface area contributed by atoms with Gasteiger partial charge in [-0.05, 0) is 25.3 Å². The summed E-state index contributed by atoms with van der Waals surface area (Å²) in [5.41, 5.74) is 2.21. The Labute approximate surface area is 142 Å². The monoisotopic (exact) mass is 328 g/mol. The highest BCUT2D eigenvalue weighted by atomic mass is 16.3. The number of hydrogen-bond donors (Lipinski definition) is 2. The van der Waals surface area contributed by atoms with Gasteiger partial charge in [0.1, 0.15) is 6.04 Å². The molecule has 5 heteroatoms. The van der Waals surface area contributed by atoms with E-state index in [1.165, 1.54) is 5.56 Å². The van der Waals surface area contributed by atoms with Gasteiger partial charge in [-0.15, -0.1) is 0 Å². The van der Waals surface area contributed by atoms with Crippen LogP contribution in [0.2, 0.25) is 0 Å². The van der Waals surface area contributed by atoms with Crippen molar-refractivity contribution in [2.75, 3.05) is 6.61 Å². The Hall–Kier alpha value is -2.14.